The van der Waals surface area contributed by atoms with Crippen LogP contribution in [0.25, 0.3) is 0 Å². The van der Waals surface area contributed by atoms with Crippen LogP contribution in [0.4, 0.5) is 13.2 Å². The third-order valence-corrected chi connectivity index (χ3v) is 5.90. The first kappa shape index (κ1) is 17.2. The summed E-state index contributed by atoms with van der Waals surface area (Å²) in [6.45, 7) is 3.56. The number of aliphatic carboxylic acids is 1. The number of hydrogen-bond acceptors (Lipinski definition) is 3. The second-order valence-corrected chi connectivity index (χ2v) is 8.45. The molecule has 1 aliphatic rings. The number of carboxylic acids is 1. The van der Waals surface area contributed by atoms with Crippen molar-refractivity contribution >= 4 is 16.0 Å². The molecule has 0 spiro atoms. The molecular formula is C11H18F3NO4S. The van der Waals surface area contributed by atoms with E-state index in [1.165, 1.54) is 20.8 Å². The summed E-state index contributed by atoms with van der Waals surface area (Å²) in [5.74, 6) is -3.39. The predicted molar refractivity (Wildman–Crippen MR) is 65.6 cm³/mol. The first-order valence-electron chi connectivity index (χ1n) is 6.11. The van der Waals surface area contributed by atoms with Crippen LogP contribution in [0.15, 0.2) is 0 Å². The third-order valence-electron chi connectivity index (χ3n) is 3.32. The number of piperidine rings is 1. The van der Waals surface area contributed by atoms with Gasteiger partial charge in [-0.25, -0.2) is 8.42 Å². The number of nitrogens with zero attached hydrogens (tertiary/aromatic N) is 1. The molecule has 20 heavy (non-hydrogen) atoms. The van der Waals surface area contributed by atoms with E-state index >= 15 is 0 Å². The second-order valence-electron chi connectivity index (χ2n) is 5.80. The molecule has 0 saturated carbocycles. The van der Waals surface area contributed by atoms with E-state index < -0.39 is 38.9 Å². The van der Waals surface area contributed by atoms with E-state index in [0.29, 0.717) is 4.31 Å². The first-order chi connectivity index (χ1) is 8.80. The molecule has 0 aromatic rings. The zero-order valence-corrected chi connectivity index (χ0v) is 12.3. The van der Waals surface area contributed by atoms with Crippen molar-refractivity contribution in [3.8, 4) is 0 Å². The number of halogens is 3. The molecule has 5 nitrogen and oxygen atoms in total. The minimum atomic E-state index is -4.91. The van der Waals surface area contributed by atoms with E-state index in [4.69, 9.17) is 5.11 Å². The van der Waals surface area contributed by atoms with Crippen molar-refractivity contribution in [2.45, 2.75) is 50.6 Å². The van der Waals surface area contributed by atoms with E-state index in [2.05, 4.69) is 0 Å². The third kappa shape index (κ3) is 3.08. The molecule has 118 valence electrons. The molecule has 1 heterocycles. The number of hydrogen-bond donors (Lipinski definition) is 1. The summed E-state index contributed by atoms with van der Waals surface area (Å²) in [4.78, 5) is 11.0. The van der Waals surface area contributed by atoms with Crippen molar-refractivity contribution in [1.29, 1.82) is 0 Å². The highest BCUT2D eigenvalue weighted by Crippen LogP contribution is 2.39. The Kier molecular flexibility index (Phi) is 4.46. The van der Waals surface area contributed by atoms with Gasteiger partial charge in [0.25, 0.3) is 0 Å². The van der Waals surface area contributed by atoms with Gasteiger partial charge in [0, 0.05) is 6.54 Å². The van der Waals surface area contributed by atoms with Crippen LogP contribution in [0, 0.1) is 5.92 Å². The van der Waals surface area contributed by atoms with Crippen molar-refractivity contribution < 1.29 is 31.5 Å². The molecule has 0 aromatic heterocycles. The highest BCUT2D eigenvalue weighted by molar-refractivity contribution is 7.90. The Balaban J connectivity index is 3.33. The number of carboxylic acid groups (broad SMARTS) is 1. The van der Waals surface area contributed by atoms with Gasteiger partial charge in [-0.15, -0.1) is 0 Å². The van der Waals surface area contributed by atoms with Crippen molar-refractivity contribution in [3.05, 3.63) is 0 Å². The summed E-state index contributed by atoms with van der Waals surface area (Å²) >= 11 is 0. The van der Waals surface area contributed by atoms with Crippen LogP contribution in [-0.2, 0) is 14.8 Å². The lowest BCUT2D eigenvalue weighted by atomic mass is 9.90. The Hall–Kier alpha value is -0.830. The molecule has 9 heteroatoms. The van der Waals surface area contributed by atoms with Crippen molar-refractivity contribution in [2.24, 2.45) is 5.92 Å². The van der Waals surface area contributed by atoms with E-state index in [1.54, 1.807) is 0 Å². The van der Waals surface area contributed by atoms with Crippen molar-refractivity contribution in [1.82, 2.24) is 4.31 Å². The van der Waals surface area contributed by atoms with Crippen LogP contribution in [0.1, 0.15) is 33.6 Å². The molecule has 0 radical (unpaired) electrons. The smallest absolute Gasteiger partial charge is 0.405 e. The number of sulfonamides is 1. The summed E-state index contributed by atoms with van der Waals surface area (Å²) in [7, 11) is -4.25. The number of carbonyl (C=O) groups is 1. The maximum Gasteiger partial charge on any atom is 0.405 e. The quantitative estimate of drug-likeness (QED) is 0.843. The highest BCUT2D eigenvalue weighted by Gasteiger charge is 2.57. The minimum Gasteiger partial charge on any atom is -0.481 e. The molecule has 2 atom stereocenters. The summed E-state index contributed by atoms with van der Waals surface area (Å²) in [5.41, 5.74) is 0. The molecule has 1 aliphatic heterocycles. The second kappa shape index (κ2) is 5.18. The van der Waals surface area contributed by atoms with Gasteiger partial charge < -0.3 is 5.11 Å². The molecule has 1 saturated heterocycles. The lowest BCUT2D eigenvalue weighted by Gasteiger charge is -2.42. The Morgan fingerprint density at radius 2 is 1.75 bits per heavy atom. The molecule has 0 bridgehead atoms. The largest absolute Gasteiger partial charge is 0.481 e. The van der Waals surface area contributed by atoms with E-state index in [-0.39, 0.29) is 19.4 Å². The molecule has 0 aromatic carbocycles. The van der Waals surface area contributed by atoms with Gasteiger partial charge in [0.05, 0.1) is 10.7 Å². The maximum atomic E-state index is 13.2. The van der Waals surface area contributed by atoms with Gasteiger partial charge in [-0.1, -0.05) is 0 Å². The Bertz CT molecular complexity index is 481. The van der Waals surface area contributed by atoms with Crippen LogP contribution in [0.5, 0.6) is 0 Å². The van der Waals surface area contributed by atoms with Gasteiger partial charge >= 0.3 is 12.1 Å². The van der Waals surface area contributed by atoms with Crippen LogP contribution in [0.3, 0.4) is 0 Å². The first-order valence-corrected chi connectivity index (χ1v) is 7.55. The fraction of sp³-hybridized carbons (Fsp3) is 0.909. The van der Waals surface area contributed by atoms with Gasteiger partial charge in [0.15, 0.2) is 0 Å². The Morgan fingerprint density at radius 3 is 2.10 bits per heavy atom. The van der Waals surface area contributed by atoms with Gasteiger partial charge in [0.2, 0.25) is 10.0 Å². The number of alkyl halides is 3. The lowest BCUT2D eigenvalue weighted by Crippen LogP contribution is -2.60. The minimum absolute atomic E-state index is 0.0961. The molecular weight excluding hydrogens is 299 g/mol. The summed E-state index contributed by atoms with van der Waals surface area (Å²) in [5, 5.41) is 8.94. The van der Waals surface area contributed by atoms with Crippen LogP contribution in [-0.4, -0.2) is 47.3 Å². The summed E-state index contributed by atoms with van der Waals surface area (Å²) < 4.78 is 62.9. The van der Waals surface area contributed by atoms with Gasteiger partial charge in [-0.05, 0) is 33.6 Å². The zero-order chi connectivity index (χ0) is 15.9. The van der Waals surface area contributed by atoms with Gasteiger partial charge in [0.1, 0.15) is 6.04 Å². The normalized spacial score (nSPS) is 26.5. The van der Waals surface area contributed by atoms with Gasteiger partial charge in [-0.3, -0.25) is 4.79 Å². The average molecular weight is 317 g/mol. The van der Waals surface area contributed by atoms with Gasteiger partial charge in [-0.2, -0.15) is 17.5 Å². The molecule has 1 N–H and O–H groups in total. The fourth-order valence-corrected chi connectivity index (χ4v) is 3.87. The average Bonchev–Trinajstić information content (AvgIpc) is 2.25. The SMILES string of the molecule is CC(C)(C)S(=O)(=O)N1CCC[C@@H](C(=O)O)[C@H]1C(F)(F)F. The molecule has 1 fully saturated rings. The van der Waals surface area contributed by atoms with Crippen LogP contribution < -0.4 is 0 Å². The van der Waals surface area contributed by atoms with E-state index in [1.807, 2.05) is 0 Å². The van der Waals surface area contributed by atoms with E-state index in [0.717, 1.165) is 0 Å². The summed E-state index contributed by atoms with van der Waals surface area (Å²) in [6.07, 6.45) is -5.00. The zero-order valence-electron chi connectivity index (χ0n) is 11.4. The predicted octanol–water partition coefficient (Wildman–Crippen LogP) is 1.84. The highest BCUT2D eigenvalue weighted by atomic mass is 32.2. The molecule has 1 rings (SSSR count). The monoisotopic (exact) mass is 317 g/mol. The lowest BCUT2D eigenvalue weighted by molar-refractivity contribution is -0.198. The Morgan fingerprint density at radius 1 is 1.25 bits per heavy atom. The van der Waals surface area contributed by atoms with Crippen molar-refractivity contribution in [3.63, 3.8) is 0 Å². The standard InChI is InChI=1S/C11H18F3NO4S/c1-10(2,3)20(18,19)15-6-4-5-7(9(16)17)8(15)11(12,13)14/h7-8H,4-6H2,1-3H3,(H,16,17)/t7-,8+/m1/s1. The van der Waals surface area contributed by atoms with Crippen LogP contribution >= 0.6 is 0 Å². The number of rotatable bonds is 2. The maximum absolute atomic E-state index is 13.2. The topological polar surface area (TPSA) is 74.7 Å². The molecule has 0 unspecified atom stereocenters. The molecule has 0 amide bonds. The van der Waals surface area contributed by atoms with Crippen LogP contribution in [0.2, 0.25) is 0 Å². The Labute approximate surface area is 115 Å². The van der Waals surface area contributed by atoms with Crippen molar-refractivity contribution in [2.75, 3.05) is 6.54 Å². The fourth-order valence-electron chi connectivity index (χ4n) is 2.24. The van der Waals surface area contributed by atoms with E-state index in [9.17, 15) is 26.4 Å². The molecule has 0 aliphatic carbocycles. The summed E-state index contributed by atoms with van der Waals surface area (Å²) in [6, 6.07) is -2.50.